The molecule has 12 heavy (non-hydrogen) atoms. The third kappa shape index (κ3) is 3.65. The van der Waals surface area contributed by atoms with Gasteiger partial charge < -0.3 is 10.2 Å². The number of likely N-dealkylation sites (N-methyl/N-ethyl adjacent to an activating group) is 1. The van der Waals surface area contributed by atoms with E-state index in [-0.39, 0.29) is 0 Å². The van der Waals surface area contributed by atoms with Crippen LogP contribution >= 0.6 is 0 Å². The number of likely N-dealkylation sites (tertiary alicyclic amines) is 1. The van der Waals surface area contributed by atoms with Crippen LogP contribution < -0.4 is 5.32 Å². The van der Waals surface area contributed by atoms with Gasteiger partial charge in [-0.05, 0) is 20.0 Å². The van der Waals surface area contributed by atoms with Crippen molar-refractivity contribution >= 4 is 10.8 Å². The molecule has 1 aliphatic rings. The summed E-state index contributed by atoms with van der Waals surface area (Å²) < 4.78 is 10.7. The van der Waals surface area contributed by atoms with Gasteiger partial charge in [0.2, 0.25) is 0 Å². The van der Waals surface area contributed by atoms with Crippen LogP contribution in [0.5, 0.6) is 0 Å². The molecule has 0 bridgehead atoms. The zero-order chi connectivity index (χ0) is 8.97. The second kappa shape index (κ2) is 4.94. The molecule has 2 unspecified atom stereocenters. The normalized spacial score (nSPS) is 27.7. The molecule has 0 amide bonds. The van der Waals surface area contributed by atoms with Crippen LogP contribution in [0.2, 0.25) is 0 Å². The minimum atomic E-state index is -0.650. The molecule has 1 aliphatic heterocycles. The van der Waals surface area contributed by atoms with Gasteiger partial charge in [-0.25, -0.2) is 0 Å². The zero-order valence-electron chi connectivity index (χ0n) is 7.88. The highest BCUT2D eigenvalue weighted by atomic mass is 32.2. The Morgan fingerprint density at radius 1 is 1.67 bits per heavy atom. The molecule has 1 saturated heterocycles. The molecule has 1 fully saturated rings. The monoisotopic (exact) mass is 190 g/mol. The maximum absolute atomic E-state index is 10.7. The maximum atomic E-state index is 10.7. The van der Waals surface area contributed by atoms with E-state index in [9.17, 15) is 4.21 Å². The van der Waals surface area contributed by atoms with Gasteiger partial charge in [0.05, 0.1) is 0 Å². The second-order valence-electron chi connectivity index (χ2n) is 3.48. The first-order valence-electron chi connectivity index (χ1n) is 4.40. The van der Waals surface area contributed by atoms with E-state index in [0.717, 1.165) is 18.8 Å². The predicted molar refractivity (Wildman–Crippen MR) is 52.8 cm³/mol. The largest absolute Gasteiger partial charge is 0.312 e. The smallest absolute Gasteiger partial charge is 0.0357 e. The summed E-state index contributed by atoms with van der Waals surface area (Å²) in [6.45, 7) is 3.21. The fourth-order valence-corrected chi connectivity index (χ4v) is 1.91. The van der Waals surface area contributed by atoms with E-state index in [1.165, 1.54) is 13.0 Å². The highest BCUT2D eigenvalue weighted by molar-refractivity contribution is 7.84. The summed E-state index contributed by atoms with van der Waals surface area (Å²) in [6.07, 6.45) is 2.98. The molecular weight excluding hydrogens is 172 g/mol. The van der Waals surface area contributed by atoms with Gasteiger partial charge in [-0.2, -0.15) is 0 Å². The summed E-state index contributed by atoms with van der Waals surface area (Å²) >= 11 is 0. The molecule has 72 valence electrons. The number of nitrogens with zero attached hydrogens (tertiary/aromatic N) is 1. The van der Waals surface area contributed by atoms with Crippen LogP contribution in [0, 0.1) is 0 Å². The van der Waals surface area contributed by atoms with Gasteiger partial charge in [-0.1, -0.05) is 0 Å². The first kappa shape index (κ1) is 10.2. The Labute approximate surface area is 77.0 Å². The number of hydrogen-bond acceptors (Lipinski definition) is 3. The first-order chi connectivity index (χ1) is 5.68. The Morgan fingerprint density at radius 2 is 2.42 bits per heavy atom. The van der Waals surface area contributed by atoms with Gasteiger partial charge >= 0.3 is 0 Å². The third-order valence-electron chi connectivity index (χ3n) is 2.21. The Bertz CT molecular complexity index is 163. The Balaban J connectivity index is 2.04. The SMILES string of the molecule is CN1CCC(NCCS(C)=O)C1. The van der Waals surface area contributed by atoms with Crippen molar-refractivity contribution < 1.29 is 4.21 Å². The minimum absolute atomic E-state index is 0.624. The number of rotatable bonds is 4. The van der Waals surface area contributed by atoms with E-state index >= 15 is 0 Å². The van der Waals surface area contributed by atoms with Crippen molar-refractivity contribution in [2.75, 3.05) is 38.7 Å². The van der Waals surface area contributed by atoms with E-state index in [0.29, 0.717) is 6.04 Å². The first-order valence-corrected chi connectivity index (χ1v) is 6.13. The minimum Gasteiger partial charge on any atom is -0.312 e. The molecule has 0 aromatic heterocycles. The average molecular weight is 190 g/mol. The van der Waals surface area contributed by atoms with Crippen molar-refractivity contribution in [2.45, 2.75) is 12.5 Å². The van der Waals surface area contributed by atoms with Gasteiger partial charge in [0.25, 0.3) is 0 Å². The molecule has 0 saturated carbocycles. The Hall–Kier alpha value is 0.0700. The maximum Gasteiger partial charge on any atom is 0.0357 e. The van der Waals surface area contributed by atoms with Crippen molar-refractivity contribution in [3.05, 3.63) is 0 Å². The topological polar surface area (TPSA) is 32.3 Å². The zero-order valence-corrected chi connectivity index (χ0v) is 8.69. The summed E-state index contributed by atoms with van der Waals surface area (Å²) in [5.74, 6) is 0.778. The van der Waals surface area contributed by atoms with Crippen molar-refractivity contribution in [3.8, 4) is 0 Å². The van der Waals surface area contributed by atoms with Gasteiger partial charge in [0.1, 0.15) is 0 Å². The van der Waals surface area contributed by atoms with Crippen LogP contribution in [-0.2, 0) is 10.8 Å². The lowest BCUT2D eigenvalue weighted by Crippen LogP contribution is -2.34. The molecule has 0 aromatic carbocycles. The van der Waals surface area contributed by atoms with Crippen molar-refractivity contribution in [2.24, 2.45) is 0 Å². The molecule has 1 heterocycles. The average Bonchev–Trinajstić information content (AvgIpc) is 2.35. The Kier molecular flexibility index (Phi) is 4.18. The fraction of sp³-hybridized carbons (Fsp3) is 1.00. The predicted octanol–water partition coefficient (Wildman–Crippen LogP) is -0.341. The van der Waals surface area contributed by atoms with Crippen LogP contribution in [0.1, 0.15) is 6.42 Å². The number of nitrogens with one attached hydrogen (secondary N) is 1. The lowest BCUT2D eigenvalue weighted by molar-refractivity contribution is 0.400. The third-order valence-corrected chi connectivity index (χ3v) is 2.99. The molecular formula is C8H18N2OS. The molecule has 1 N–H and O–H groups in total. The summed E-state index contributed by atoms with van der Waals surface area (Å²) in [4.78, 5) is 2.32. The van der Waals surface area contributed by atoms with E-state index in [1.807, 2.05) is 0 Å². The Morgan fingerprint density at radius 3 is 2.92 bits per heavy atom. The van der Waals surface area contributed by atoms with Gasteiger partial charge in [-0.3, -0.25) is 4.21 Å². The summed E-state index contributed by atoms with van der Waals surface area (Å²) in [7, 11) is 1.49. The fourth-order valence-electron chi connectivity index (χ4n) is 1.51. The van der Waals surface area contributed by atoms with Crippen LogP contribution in [0.3, 0.4) is 0 Å². The lowest BCUT2D eigenvalue weighted by atomic mass is 10.3. The number of hydrogen-bond donors (Lipinski definition) is 1. The molecule has 0 radical (unpaired) electrons. The highest BCUT2D eigenvalue weighted by Gasteiger charge is 2.17. The molecule has 0 aromatic rings. The second-order valence-corrected chi connectivity index (χ2v) is 5.03. The molecule has 1 rings (SSSR count). The van der Waals surface area contributed by atoms with Crippen LogP contribution in [-0.4, -0.2) is 53.8 Å². The van der Waals surface area contributed by atoms with E-state index in [2.05, 4.69) is 17.3 Å². The highest BCUT2D eigenvalue weighted by Crippen LogP contribution is 2.05. The van der Waals surface area contributed by atoms with Crippen molar-refractivity contribution in [1.82, 2.24) is 10.2 Å². The quantitative estimate of drug-likeness (QED) is 0.658. The molecule has 4 heteroatoms. The molecule has 3 nitrogen and oxygen atoms in total. The van der Waals surface area contributed by atoms with Crippen LogP contribution in [0.4, 0.5) is 0 Å². The summed E-state index contributed by atoms with van der Waals surface area (Å²) in [6, 6.07) is 0.624. The van der Waals surface area contributed by atoms with Crippen molar-refractivity contribution in [1.29, 1.82) is 0 Å². The molecule has 0 spiro atoms. The molecule has 2 atom stereocenters. The van der Waals surface area contributed by atoms with Crippen LogP contribution in [0.15, 0.2) is 0 Å². The lowest BCUT2D eigenvalue weighted by Gasteiger charge is -2.11. The summed E-state index contributed by atoms with van der Waals surface area (Å²) in [5, 5.41) is 3.41. The van der Waals surface area contributed by atoms with Gasteiger partial charge in [0.15, 0.2) is 0 Å². The van der Waals surface area contributed by atoms with Crippen molar-refractivity contribution in [3.63, 3.8) is 0 Å². The van der Waals surface area contributed by atoms with E-state index < -0.39 is 10.8 Å². The van der Waals surface area contributed by atoms with E-state index in [4.69, 9.17) is 0 Å². The van der Waals surface area contributed by atoms with Crippen LogP contribution in [0.25, 0.3) is 0 Å². The molecule has 0 aliphatic carbocycles. The van der Waals surface area contributed by atoms with Gasteiger partial charge in [-0.15, -0.1) is 0 Å². The van der Waals surface area contributed by atoms with Gasteiger partial charge in [0, 0.05) is 41.9 Å². The van der Waals surface area contributed by atoms with E-state index in [1.54, 1.807) is 6.26 Å². The standard InChI is InChI=1S/C8H18N2OS/c1-10-5-3-8(7-10)9-4-6-12(2)11/h8-9H,3-7H2,1-2H3. The summed E-state index contributed by atoms with van der Waals surface area (Å²) in [5.41, 5.74) is 0.